The van der Waals surface area contributed by atoms with E-state index in [-0.39, 0.29) is 22.0 Å². The molecule has 1 aromatic heterocycles. The number of anilines is 1. The number of nitriles is 1. The molecule has 0 saturated heterocycles. The second kappa shape index (κ2) is 5.42. The van der Waals surface area contributed by atoms with Gasteiger partial charge in [0, 0.05) is 5.69 Å². The van der Waals surface area contributed by atoms with Crippen molar-refractivity contribution in [3.63, 3.8) is 0 Å². The number of rotatable bonds is 3. The number of aromatic nitrogens is 2. The molecule has 20 heavy (non-hydrogen) atoms. The van der Waals surface area contributed by atoms with Gasteiger partial charge in [-0.3, -0.25) is 4.79 Å². The van der Waals surface area contributed by atoms with Crippen LogP contribution in [0.5, 0.6) is 0 Å². The predicted molar refractivity (Wildman–Crippen MR) is 69.7 cm³/mol. The van der Waals surface area contributed by atoms with E-state index in [2.05, 4.69) is 15.3 Å². The molecule has 100 valence electrons. The molecule has 0 aliphatic carbocycles. The zero-order chi connectivity index (χ0) is 14.7. The fourth-order valence-electron chi connectivity index (χ4n) is 1.51. The van der Waals surface area contributed by atoms with Gasteiger partial charge in [-0.25, -0.2) is 9.78 Å². The van der Waals surface area contributed by atoms with Gasteiger partial charge in [0.1, 0.15) is 6.07 Å². The summed E-state index contributed by atoms with van der Waals surface area (Å²) in [7, 11) is 0. The van der Waals surface area contributed by atoms with E-state index in [0.29, 0.717) is 5.69 Å². The van der Waals surface area contributed by atoms with Crippen molar-refractivity contribution in [1.82, 2.24) is 9.97 Å². The lowest BCUT2D eigenvalue weighted by Crippen LogP contribution is -2.16. The van der Waals surface area contributed by atoms with E-state index in [1.54, 1.807) is 0 Å². The SMILES string of the molecule is N#Cc1cc(NC(=O)c2nc[nH]c2C(=O)O)ccc1Cl. The Hall–Kier alpha value is -2.85. The number of nitrogens with zero attached hydrogens (tertiary/aromatic N) is 2. The number of hydrogen-bond acceptors (Lipinski definition) is 4. The molecule has 2 rings (SSSR count). The number of aromatic amines is 1. The summed E-state index contributed by atoms with van der Waals surface area (Å²) in [6.45, 7) is 0. The minimum atomic E-state index is -1.29. The van der Waals surface area contributed by atoms with Gasteiger partial charge in [-0.15, -0.1) is 0 Å². The summed E-state index contributed by atoms with van der Waals surface area (Å²) < 4.78 is 0. The van der Waals surface area contributed by atoms with E-state index in [9.17, 15) is 9.59 Å². The Labute approximate surface area is 117 Å². The molecule has 0 unspecified atom stereocenters. The number of carboxylic acid groups (broad SMARTS) is 1. The number of aromatic carboxylic acids is 1. The van der Waals surface area contributed by atoms with Crippen LogP contribution in [0.3, 0.4) is 0 Å². The molecule has 0 atom stereocenters. The Morgan fingerprint density at radius 3 is 2.85 bits per heavy atom. The van der Waals surface area contributed by atoms with Crippen molar-refractivity contribution in [2.45, 2.75) is 0 Å². The normalized spacial score (nSPS) is 9.80. The van der Waals surface area contributed by atoms with E-state index in [0.717, 1.165) is 6.33 Å². The summed E-state index contributed by atoms with van der Waals surface area (Å²) in [6.07, 6.45) is 1.11. The van der Waals surface area contributed by atoms with Crippen LogP contribution >= 0.6 is 11.6 Å². The second-order valence-corrected chi connectivity index (χ2v) is 4.10. The minimum Gasteiger partial charge on any atom is -0.477 e. The van der Waals surface area contributed by atoms with Gasteiger partial charge < -0.3 is 15.4 Å². The standard InChI is InChI=1S/C12H7ClN4O3/c13-8-2-1-7(3-6(8)4-14)17-11(18)9-10(12(19)20)16-5-15-9/h1-3,5H,(H,15,16)(H,17,18)(H,19,20). The first kappa shape index (κ1) is 13.6. The lowest BCUT2D eigenvalue weighted by molar-refractivity contribution is 0.0686. The highest BCUT2D eigenvalue weighted by Gasteiger charge is 2.19. The summed E-state index contributed by atoms with van der Waals surface area (Å²) in [4.78, 5) is 28.8. The van der Waals surface area contributed by atoms with Gasteiger partial charge in [-0.1, -0.05) is 11.6 Å². The van der Waals surface area contributed by atoms with E-state index in [4.69, 9.17) is 22.0 Å². The van der Waals surface area contributed by atoms with Gasteiger partial charge in [0.2, 0.25) is 0 Å². The smallest absolute Gasteiger partial charge is 0.354 e. The molecule has 0 aliphatic heterocycles. The van der Waals surface area contributed by atoms with Gasteiger partial charge in [-0.2, -0.15) is 5.26 Å². The van der Waals surface area contributed by atoms with Gasteiger partial charge in [0.25, 0.3) is 5.91 Å². The number of hydrogen-bond donors (Lipinski definition) is 3. The first-order chi connectivity index (χ1) is 9.52. The highest BCUT2D eigenvalue weighted by molar-refractivity contribution is 6.31. The van der Waals surface area contributed by atoms with Crippen molar-refractivity contribution in [3.05, 3.63) is 46.5 Å². The monoisotopic (exact) mass is 290 g/mol. The van der Waals surface area contributed by atoms with Crippen molar-refractivity contribution >= 4 is 29.2 Å². The second-order valence-electron chi connectivity index (χ2n) is 3.69. The Bertz CT molecular complexity index is 733. The molecule has 0 fully saturated rings. The number of nitrogens with one attached hydrogen (secondary N) is 2. The van der Waals surface area contributed by atoms with Crippen LogP contribution in [0, 0.1) is 11.3 Å². The summed E-state index contributed by atoms with van der Waals surface area (Å²) in [5.74, 6) is -1.99. The molecule has 2 aromatic rings. The minimum absolute atomic E-state index is 0.199. The average Bonchev–Trinajstić information content (AvgIpc) is 2.90. The fraction of sp³-hybridized carbons (Fsp3) is 0. The van der Waals surface area contributed by atoms with Crippen LogP contribution in [0.25, 0.3) is 0 Å². The molecular formula is C12H7ClN4O3. The lowest BCUT2D eigenvalue weighted by Gasteiger charge is -2.05. The number of amides is 1. The van der Waals surface area contributed by atoms with Crippen molar-refractivity contribution in [1.29, 1.82) is 5.26 Å². The Kier molecular flexibility index (Phi) is 3.68. The third kappa shape index (κ3) is 2.60. The molecule has 1 amide bonds. The molecule has 3 N–H and O–H groups in total. The molecule has 0 spiro atoms. The molecule has 1 heterocycles. The maximum atomic E-state index is 11.9. The summed E-state index contributed by atoms with van der Waals surface area (Å²) in [5, 5.41) is 20.4. The highest BCUT2D eigenvalue weighted by atomic mass is 35.5. The van der Waals surface area contributed by atoms with E-state index >= 15 is 0 Å². The molecule has 0 radical (unpaired) electrons. The zero-order valence-electron chi connectivity index (χ0n) is 9.85. The number of carboxylic acids is 1. The number of carbonyl (C=O) groups is 2. The predicted octanol–water partition coefficient (Wildman–Crippen LogP) is 1.89. The largest absolute Gasteiger partial charge is 0.477 e. The summed E-state index contributed by atoms with van der Waals surface area (Å²) in [6, 6.07) is 6.21. The van der Waals surface area contributed by atoms with Crippen molar-refractivity contribution in [3.8, 4) is 6.07 Å². The highest BCUT2D eigenvalue weighted by Crippen LogP contribution is 2.20. The van der Waals surface area contributed by atoms with Crippen LogP contribution in [0.4, 0.5) is 5.69 Å². The maximum absolute atomic E-state index is 11.9. The van der Waals surface area contributed by atoms with Crippen molar-refractivity contribution < 1.29 is 14.7 Å². The van der Waals surface area contributed by atoms with Gasteiger partial charge in [0.05, 0.1) is 16.9 Å². The van der Waals surface area contributed by atoms with Gasteiger partial charge in [-0.05, 0) is 18.2 Å². The number of H-pyrrole nitrogens is 1. The quantitative estimate of drug-likeness (QED) is 0.797. The van der Waals surface area contributed by atoms with Crippen LogP contribution in [-0.2, 0) is 0 Å². The molecule has 0 saturated carbocycles. The number of imidazole rings is 1. The van der Waals surface area contributed by atoms with E-state index < -0.39 is 11.9 Å². The number of benzene rings is 1. The zero-order valence-corrected chi connectivity index (χ0v) is 10.6. The fourth-order valence-corrected chi connectivity index (χ4v) is 1.67. The third-order valence-electron chi connectivity index (χ3n) is 2.41. The Balaban J connectivity index is 2.26. The summed E-state index contributed by atoms with van der Waals surface area (Å²) in [5.41, 5.74) is -0.0387. The number of carbonyl (C=O) groups excluding carboxylic acids is 1. The first-order valence-corrected chi connectivity index (χ1v) is 5.68. The van der Waals surface area contributed by atoms with Gasteiger partial charge in [0.15, 0.2) is 11.4 Å². The molecular weight excluding hydrogens is 284 g/mol. The molecule has 0 bridgehead atoms. The Morgan fingerprint density at radius 1 is 1.45 bits per heavy atom. The van der Waals surface area contributed by atoms with E-state index in [1.807, 2.05) is 6.07 Å². The van der Waals surface area contributed by atoms with Crippen molar-refractivity contribution in [2.24, 2.45) is 0 Å². The summed E-state index contributed by atoms with van der Waals surface area (Å²) >= 11 is 5.77. The maximum Gasteiger partial charge on any atom is 0.354 e. The van der Waals surface area contributed by atoms with Crippen LogP contribution in [-0.4, -0.2) is 27.0 Å². The number of halogens is 1. The van der Waals surface area contributed by atoms with Crippen molar-refractivity contribution in [2.75, 3.05) is 5.32 Å². The molecule has 0 aliphatic rings. The van der Waals surface area contributed by atoms with Crippen LogP contribution in [0.15, 0.2) is 24.5 Å². The van der Waals surface area contributed by atoms with E-state index in [1.165, 1.54) is 18.2 Å². The topological polar surface area (TPSA) is 119 Å². The van der Waals surface area contributed by atoms with Crippen LogP contribution in [0.2, 0.25) is 5.02 Å². The Morgan fingerprint density at radius 2 is 2.20 bits per heavy atom. The lowest BCUT2D eigenvalue weighted by atomic mass is 10.2. The first-order valence-electron chi connectivity index (χ1n) is 5.30. The molecule has 8 heteroatoms. The molecule has 1 aromatic carbocycles. The average molecular weight is 291 g/mol. The van der Waals surface area contributed by atoms with Gasteiger partial charge >= 0.3 is 5.97 Å². The van der Waals surface area contributed by atoms with Crippen LogP contribution < -0.4 is 5.32 Å². The van der Waals surface area contributed by atoms with Crippen LogP contribution in [0.1, 0.15) is 26.5 Å². The molecule has 7 nitrogen and oxygen atoms in total. The third-order valence-corrected chi connectivity index (χ3v) is 2.74.